The smallest absolute Gasteiger partial charge is 0.337 e. The predicted molar refractivity (Wildman–Crippen MR) is 99.1 cm³/mol. The van der Waals surface area contributed by atoms with Gasteiger partial charge in [-0.15, -0.1) is 0 Å². The molecule has 2 rings (SSSR count). The molecule has 1 aliphatic heterocycles. The molecule has 1 atom stereocenters. The number of thiocarbonyl (C=S) groups is 1. The Kier molecular flexibility index (Phi) is 5.97. The molecule has 0 aliphatic carbocycles. The minimum absolute atomic E-state index is 0.225. The number of aliphatic carboxylic acids is 1. The molecule has 6 nitrogen and oxygen atoms in total. The molecule has 1 aromatic rings. The molecule has 25 heavy (non-hydrogen) atoms. The van der Waals surface area contributed by atoms with E-state index >= 15 is 0 Å². The van der Waals surface area contributed by atoms with E-state index in [9.17, 15) is 19.5 Å². The minimum Gasteiger partial charge on any atom is -0.480 e. The number of rotatable bonds is 5. The monoisotopic (exact) mass is 379 g/mol. The van der Waals surface area contributed by atoms with Crippen LogP contribution >= 0.6 is 24.0 Å². The Bertz CT molecular complexity index is 755. The van der Waals surface area contributed by atoms with Gasteiger partial charge in [0, 0.05) is 0 Å². The molecule has 0 saturated carbocycles. The maximum absolute atomic E-state index is 12.6. The molecule has 1 saturated heterocycles. The summed E-state index contributed by atoms with van der Waals surface area (Å²) in [5, 5.41) is 9.40. The number of hydrogen-bond acceptors (Lipinski definition) is 6. The van der Waals surface area contributed by atoms with Gasteiger partial charge in [0.15, 0.2) is 0 Å². The zero-order chi connectivity index (χ0) is 18.7. The first-order valence-electron chi connectivity index (χ1n) is 7.44. The number of amides is 1. The van der Waals surface area contributed by atoms with Gasteiger partial charge in [-0.3, -0.25) is 9.69 Å². The Hall–Kier alpha value is -2.19. The Balaban J connectivity index is 2.28. The lowest BCUT2D eigenvalue weighted by molar-refractivity contribution is -0.146. The van der Waals surface area contributed by atoms with Crippen LogP contribution in [0.1, 0.15) is 29.8 Å². The number of benzene rings is 1. The number of ether oxygens (including phenoxy) is 1. The average Bonchev–Trinajstić information content (AvgIpc) is 2.82. The molecule has 0 bridgehead atoms. The molecule has 132 valence electrons. The van der Waals surface area contributed by atoms with Crippen LogP contribution in [0.25, 0.3) is 6.08 Å². The number of esters is 1. The number of carbonyl (C=O) groups excluding carboxylic acids is 2. The van der Waals surface area contributed by atoms with Gasteiger partial charge in [-0.25, -0.2) is 9.59 Å². The third-order valence-corrected chi connectivity index (χ3v) is 4.95. The summed E-state index contributed by atoms with van der Waals surface area (Å²) in [4.78, 5) is 37.0. The van der Waals surface area contributed by atoms with Crippen molar-refractivity contribution in [3.63, 3.8) is 0 Å². The van der Waals surface area contributed by atoms with Gasteiger partial charge in [0.2, 0.25) is 0 Å². The lowest BCUT2D eigenvalue weighted by atomic mass is 10.0. The Morgan fingerprint density at radius 1 is 1.28 bits per heavy atom. The van der Waals surface area contributed by atoms with Crippen molar-refractivity contribution in [1.82, 2.24) is 4.90 Å². The Labute approximate surface area is 154 Å². The number of nitrogens with zero attached hydrogens (tertiary/aromatic N) is 1. The maximum Gasteiger partial charge on any atom is 0.337 e. The van der Waals surface area contributed by atoms with E-state index in [0.717, 1.165) is 16.7 Å². The molecule has 0 radical (unpaired) electrons. The average molecular weight is 379 g/mol. The zero-order valence-corrected chi connectivity index (χ0v) is 15.5. The van der Waals surface area contributed by atoms with E-state index in [2.05, 4.69) is 4.74 Å². The van der Waals surface area contributed by atoms with Crippen molar-refractivity contribution in [2.75, 3.05) is 7.11 Å². The summed E-state index contributed by atoms with van der Waals surface area (Å²) in [6, 6.07) is 5.53. The number of thioether (sulfide) groups is 1. The van der Waals surface area contributed by atoms with Crippen molar-refractivity contribution in [3.05, 3.63) is 40.3 Å². The predicted octanol–water partition coefficient (Wildman–Crippen LogP) is 2.78. The molecule has 1 heterocycles. The Morgan fingerprint density at radius 3 is 2.36 bits per heavy atom. The van der Waals surface area contributed by atoms with Gasteiger partial charge in [0.1, 0.15) is 10.4 Å². The van der Waals surface area contributed by atoms with E-state index < -0.39 is 23.9 Å². The molecule has 0 aromatic heterocycles. The zero-order valence-electron chi connectivity index (χ0n) is 13.9. The van der Waals surface area contributed by atoms with Crippen LogP contribution in [0, 0.1) is 5.92 Å². The van der Waals surface area contributed by atoms with Crippen molar-refractivity contribution in [2.24, 2.45) is 5.92 Å². The first kappa shape index (κ1) is 19.1. The van der Waals surface area contributed by atoms with Crippen molar-refractivity contribution < 1.29 is 24.2 Å². The summed E-state index contributed by atoms with van der Waals surface area (Å²) in [6.45, 7) is 3.46. The van der Waals surface area contributed by atoms with Crippen LogP contribution in [0.5, 0.6) is 0 Å². The third kappa shape index (κ3) is 4.08. The standard InChI is InChI=1S/C17H17NO5S2/c1-9(2)13(15(20)21)18-14(19)12(25-17(18)24)8-10-4-6-11(7-5-10)16(22)23-3/h4-9,13H,1-3H3,(H,20,21)/b12-8+/t13-/m0/s1. The first-order chi connectivity index (χ1) is 11.8. The van der Waals surface area contributed by atoms with E-state index in [4.69, 9.17) is 12.2 Å². The summed E-state index contributed by atoms with van der Waals surface area (Å²) < 4.78 is 4.86. The van der Waals surface area contributed by atoms with Crippen LogP contribution in [0.2, 0.25) is 0 Å². The lowest BCUT2D eigenvalue weighted by Gasteiger charge is -2.26. The molecule has 1 aromatic carbocycles. The van der Waals surface area contributed by atoms with Gasteiger partial charge in [0.05, 0.1) is 17.6 Å². The minimum atomic E-state index is -1.09. The van der Waals surface area contributed by atoms with E-state index in [1.54, 1.807) is 44.2 Å². The summed E-state index contributed by atoms with van der Waals surface area (Å²) >= 11 is 6.27. The summed E-state index contributed by atoms with van der Waals surface area (Å²) in [5.74, 6) is -2.24. The molecule has 8 heteroatoms. The molecule has 0 spiro atoms. The maximum atomic E-state index is 12.6. The number of carboxylic acid groups (broad SMARTS) is 1. The lowest BCUT2D eigenvalue weighted by Crippen LogP contribution is -2.47. The fraction of sp³-hybridized carbons (Fsp3) is 0.294. The molecular formula is C17H17NO5S2. The SMILES string of the molecule is COC(=O)c1ccc(/C=C2/SC(=S)N([C@H](C(=O)O)C(C)C)C2=O)cc1. The van der Waals surface area contributed by atoms with Crippen molar-refractivity contribution in [3.8, 4) is 0 Å². The second-order valence-corrected chi connectivity index (χ2v) is 7.37. The summed E-state index contributed by atoms with van der Waals surface area (Å²) in [7, 11) is 1.30. The normalized spacial score (nSPS) is 17.3. The topological polar surface area (TPSA) is 83.9 Å². The molecule has 1 aliphatic rings. The fourth-order valence-corrected chi connectivity index (χ4v) is 3.73. The number of hydrogen-bond donors (Lipinski definition) is 1. The van der Waals surface area contributed by atoms with Gasteiger partial charge in [-0.05, 0) is 29.7 Å². The third-order valence-electron chi connectivity index (χ3n) is 3.62. The van der Waals surface area contributed by atoms with Gasteiger partial charge in [0.25, 0.3) is 5.91 Å². The van der Waals surface area contributed by atoms with Crippen LogP contribution in [0.15, 0.2) is 29.2 Å². The number of methoxy groups -OCH3 is 1. The highest BCUT2D eigenvalue weighted by Crippen LogP contribution is 2.35. The van der Waals surface area contributed by atoms with Gasteiger partial charge >= 0.3 is 11.9 Å². The highest BCUT2D eigenvalue weighted by atomic mass is 32.2. The fourth-order valence-electron chi connectivity index (χ4n) is 2.40. The van der Waals surface area contributed by atoms with E-state index in [1.807, 2.05) is 0 Å². The van der Waals surface area contributed by atoms with Crippen molar-refractivity contribution in [2.45, 2.75) is 19.9 Å². The second-order valence-electron chi connectivity index (χ2n) is 5.69. The summed E-state index contributed by atoms with van der Waals surface area (Å²) in [6.07, 6.45) is 1.62. The largest absolute Gasteiger partial charge is 0.480 e. The van der Waals surface area contributed by atoms with Crippen LogP contribution in [0.3, 0.4) is 0 Å². The summed E-state index contributed by atoms with van der Waals surface area (Å²) in [5.41, 5.74) is 1.10. The molecule has 0 unspecified atom stereocenters. The van der Waals surface area contributed by atoms with Crippen LogP contribution in [0.4, 0.5) is 0 Å². The highest BCUT2D eigenvalue weighted by molar-refractivity contribution is 8.26. The molecule has 1 amide bonds. The van der Waals surface area contributed by atoms with E-state index in [0.29, 0.717) is 16.0 Å². The quantitative estimate of drug-likeness (QED) is 0.478. The Morgan fingerprint density at radius 2 is 1.88 bits per heavy atom. The van der Waals surface area contributed by atoms with Crippen molar-refractivity contribution >= 4 is 52.2 Å². The van der Waals surface area contributed by atoms with Crippen LogP contribution in [-0.2, 0) is 14.3 Å². The van der Waals surface area contributed by atoms with Crippen LogP contribution < -0.4 is 0 Å². The first-order valence-corrected chi connectivity index (χ1v) is 8.67. The van der Waals surface area contributed by atoms with Gasteiger partial charge in [-0.2, -0.15) is 0 Å². The van der Waals surface area contributed by atoms with E-state index in [-0.39, 0.29) is 10.2 Å². The highest BCUT2D eigenvalue weighted by Gasteiger charge is 2.41. The van der Waals surface area contributed by atoms with Crippen molar-refractivity contribution in [1.29, 1.82) is 0 Å². The van der Waals surface area contributed by atoms with E-state index in [1.165, 1.54) is 7.11 Å². The second kappa shape index (κ2) is 7.79. The number of carbonyl (C=O) groups is 3. The molecule has 1 fully saturated rings. The number of carboxylic acids is 1. The van der Waals surface area contributed by atoms with Gasteiger partial charge in [-0.1, -0.05) is 50.0 Å². The molecule has 1 N–H and O–H groups in total. The van der Waals surface area contributed by atoms with Crippen LogP contribution in [-0.4, -0.2) is 45.3 Å². The molecular weight excluding hydrogens is 362 g/mol. The van der Waals surface area contributed by atoms with Gasteiger partial charge < -0.3 is 9.84 Å².